The lowest BCUT2D eigenvalue weighted by molar-refractivity contribution is -0.137. The lowest BCUT2D eigenvalue weighted by Gasteiger charge is -2.06. The first-order valence-electron chi connectivity index (χ1n) is 8.69. The molecule has 10 heteroatoms. The third-order valence-electron chi connectivity index (χ3n) is 3.90. The molecule has 0 unspecified atom stereocenters. The van der Waals surface area contributed by atoms with E-state index in [4.69, 9.17) is 0 Å². The number of hydrogen-bond acceptors (Lipinski definition) is 4. The van der Waals surface area contributed by atoms with E-state index < -0.39 is 11.7 Å². The molecule has 3 N–H and O–H groups in total. The van der Waals surface area contributed by atoms with Crippen molar-refractivity contribution in [3.63, 3.8) is 0 Å². The van der Waals surface area contributed by atoms with Gasteiger partial charge in [0.05, 0.1) is 23.2 Å². The van der Waals surface area contributed by atoms with Crippen molar-refractivity contribution in [1.29, 1.82) is 0 Å². The number of halogens is 3. The predicted molar refractivity (Wildman–Crippen MR) is 103 cm³/mol. The summed E-state index contributed by atoms with van der Waals surface area (Å²) in [5.74, 6) is 0.0522. The number of benzene rings is 1. The number of imidazole rings is 1. The predicted octanol–water partition coefficient (Wildman–Crippen LogP) is 3.64. The molecule has 2 aromatic rings. The van der Waals surface area contributed by atoms with Crippen molar-refractivity contribution in [3.8, 4) is 11.3 Å². The summed E-state index contributed by atoms with van der Waals surface area (Å²) in [7, 11) is 0. The Bertz CT molecular complexity index is 791. The maximum atomic E-state index is 12.6. The van der Waals surface area contributed by atoms with E-state index in [1.54, 1.807) is 0 Å². The maximum Gasteiger partial charge on any atom is 0.416 e. The summed E-state index contributed by atoms with van der Waals surface area (Å²) in [6.45, 7) is 0.551. The largest absolute Gasteiger partial charge is 0.416 e. The summed E-state index contributed by atoms with van der Waals surface area (Å²) in [5, 5.41) is 5.32. The molecule has 1 aromatic carbocycles. The van der Waals surface area contributed by atoms with Crippen LogP contribution in [0.15, 0.2) is 30.5 Å². The van der Waals surface area contributed by atoms with Crippen molar-refractivity contribution >= 4 is 30.4 Å². The molecule has 0 radical (unpaired) electrons. The van der Waals surface area contributed by atoms with Crippen LogP contribution in [0.25, 0.3) is 11.3 Å². The number of carbonyl (C=O) groups excluding carboxylic acids is 2. The van der Waals surface area contributed by atoms with Crippen LogP contribution in [-0.2, 0) is 15.8 Å². The van der Waals surface area contributed by atoms with Crippen LogP contribution in [0.1, 0.15) is 31.2 Å². The maximum absolute atomic E-state index is 12.6. The molecule has 0 atom stereocenters. The highest BCUT2D eigenvalue weighted by atomic mass is 32.1. The molecule has 2 rings (SSSR count). The van der Waals surface area contributed by atoms with E-state index in [1.807, 2.05) is 0 Å². The molecule has 152 valence electrons. The quantitative estimate of drug-likeness (QED) is 0.373. The molecule has 0 saturated carbocycles. The van der Waals surface area contributed by atoms with Crippen molar-refractivity contribution in [1.82, 2.24) is 15.3 Å². The van der Waals surface area contributed by atoms with Gasteiger partial charge in [-0.15, -0.1) is 0 Å². The van der Waals surface area contributed by atoms with Crippen LogP contribution >= 0.6 is 12.6 Å². The highest BCUT2D eigenvalue weighted by Crippen LogP contribution is 2.30. The van der Waals surface area contributed by atoms with Gasteiger partial charge in [0.15, 0.2) is 0 Å². The smallest absolute Gasteiger partial charge is 0.355 e. The molecule has 1 heterocycles. The summed E-state index contributed by atoms with van der Waals surface area (Å²) >= 11 is 3.85. The van der Waals surface area contributed by atoms with E-state index in [0.29, 0.717) is 30.6 Å². The first-order chi connectivity index (χ1) is 13.3. The first-order valence-corrected chi connectivity index (χ1v) is 9.33. The SMILES string of the molecule is O=C(CS)NCCCCCC(=O)Nc1ncc(-c2ccc(C(F)(F)F)cc2)[nH]1. The minimum atomic E-state index is -4.39. The number of nitrogens with one attached hydrogen (secondary N) is 3. The molecule has 0 fully saturated rings. The minimum Gasteiger partial charge on any atom is -0.355 e. The summed E-state index contributed by atoms with van der Waals surface area (Å²) in [6, 6.07) is 4.67. The monoisotopic (exact) mass is 414 g/mol. The number of hydrogen-bond donors (Lipinski definition) is 4. The zero-order valence-electron chi connectivity index (χ0n) is 15.0. The third-order valence-corrected chi connectivity index (χ3v) is 4.19. The van der Waals surface area contributed by atoms with Gasteiger partial charge >= 0.3 is 6.18 Å². The lowest BCUT2D eigenvalue weighted by atomic mass is 10.1. The molecule has 0 aliphatic heterocycles. The average Bonchev–Trinajstić information content (AvgIpc) is 3.12. The van der Waals surface area contributed by atoms with E-state index in [0.717, 1.165) is 25.0 Å². The molecule has 0 bridgehead atoms. The van der Waals surface area contributed by atoms with Crippen molar-refractivity contribution in [2.45, 2.75) is 31.9 Å². The Labute approximate surface area is 165 Å². The number of thiol groups is 1. The van der Waals surface area contributed by atoms with Gasteiger partial charge in [-0.1, -0.05) is 18.6 Å². The second-order valence-corrected chi connectivity index (χ2v) is 6.40. The van der Waals surface area contributed by atoms with Crippen LogP contribution in [0, 0.1) is 0 Å². The number of nitrogens with zero attached hydrogens (tertiary/aromatic N) is 1. The fraction of sp³-hybridized carbons (Fsp3) is 0.389. The van der Waals surface area contributed by atoms with Crippen LogP contribution < -0.4 is 10.6 Å². The molecule has 1 aromatic heterocycles. The number of rotatable bonds is 9. The molecule has 28 heavy (non-hydrogen) atoms. The van der Waals surface area contributed by atoms with E-state index in [1.165, 1.54) is 18.3 Å². The summed E-state index contributed by atoms with van der Waals surface area (Å²) in [4.78, 5) is 29.8. The summed E-state index contributed by atoms with van der Waals surface area (Å²) in [5.41, 5.74) is 0.308. The molecule has 6 nitrogen and oxygen atoms in total. The fourth-order valence-electron chi connectivity index (χ4n) is 2.44. The van der Waals surface area contributed by atoms with Gasteiger partial charge in [0.2, 0.25) is 17.8 Å². The Morgan fingerprint density at radius 2 is 1.79 bits per heavy atom. The zero-order valence-corrected chi connectivity index (χ0v) is 15.9. The second-order valence-electron chi connectivity index (χ2n) is 6.09. The fourth-order valence-corrected chi connectivity index (χ4v) is 2.55. The van der Waals surface area contributed by atoms with Crippen LogP contribution in [0.4, 0.5) is 19.1 Å². The molecule has 0 aliphatic rings. The van der Waals surface area contributed by atoms with Gasteiger partial charge in [-0.2, -0.15) is 25.8 Å². The lowest BCUT2D eigenvalue weighted by Crippen LogP contribution is -2.25. The van der Waals surface area contributed by atoms with E-state index in [-0.39, 0.29) is 23.5 Å². The Kier molecular flexibility index (Phi) is 7.91. The molecular weight excluding hydrogens is 393 g/mol. The standard InChI is InChI=1S/C18H21F3N4O2S/c19-18(20,21)13-7-5-12(6-8-13)14-10-23-17(24-14)25-15(26)4-2-1-3-9-22-16(27)11-28/h5-8,10,28H,1-4,9,11H2,(H,22,27)(H2,23,24,25,26). The Hall–Kier alpha value is -2.49. The van der Waals surface area contributed by atoms with Gasteiger partial charge in [-0.05, 0) is 30.5 Å². The number of amides is 2. The highest BCUT2D eigenvalue weighted by Gasteiger charge is 2.30. The van der Waals surface area contributed by atoms with Gasteiger partial charge < -0.3 is 10.3 Å². The molecule has 0 aliphatic carbocycles. The van der Waals surface area contributed by atoms with E-state index in [2.05, 4.69) is 33.2 Å². The number of carbonyl (C=O) groups is 2. The van der Waals surface area contributed by atoms with Crippen LogP contribution in [0.5, 0.6) is 0 Å². The van der Waals surface area contributed by atoms with E-state index in [9.17, 15) is 22.8 Å². The number of aromatic amines is 1. The van der Waals surface area contributed by atoms with Crippen molar-refractivity contribution in [3.05, 3.63) is 36.0 Å². The average molecular weight is 414 g/mol. The Morgan fingerprint density at radius 1 is 1.07 bits per heavy atom. The van der Waals surface area contributed by atoms with Crippen LogP contribution in [0.3, 0.4) is 0 Å². The summed E-state index contributed by atoms with van der Waals surface area (Å²) < 4.78 is 37.8. The Balaban J connectivity index is 1.76. The highest BCUT2D eigenvalue weighted by molar-refractivity contribution is 7.81. The van der Waals surface area contributed by atoms with Crippen molar-refractivity contribution in [2.24, 2.45) is 0 Å². The second kappa shape index (κ2) is 10.2. The number of aromatic nitrogens is 2. The van der Waals surface area contributed by atoms with Gasteiger partial charge in [-0.25, -0.2) is 4.98 Å². The van der Waals surface area contributed by atoms with E-state index >= 15 is 0 Å². The topological polar surface area (TPSA) is 86.9 Å². The number of alkyl halides is 3. The van der Waals surface area contributed by atoms with Crippen LogP contribution in [-0.4, -0.2) is 34.1 Å². The van der Waals surface area contributed by atoms with Crippen molar-refractivity contribution < 1.29 is 22.8 Å². The normalized spacial score (nSPS) is 11.3. The number of H-pyrrole nitrogens is 1. The minimum absolute atomic E-state index is 0.122. The third kappa shape index (κ3) is 6.91. The molecular formula is C18H21F3N4O2S. The van der Waals surface area contributed by atoms with Gasteiger partial charge in [-0.3, -0.25) is 14.9 Å². The van der Waals surface area contributed by atoms with Gasteiger partial charge in [0.1, 0.15) is 0 Å². The first kappa shape index (κ1) is 21.8. The van der Waals surface area contributed by atoms with Gasteiger partial charge in [0.25, 0.3) is 0 Å². The zero-order chi connectivity index (χ0) is 20.6. The Morgan fingerprint density at radius 3 is 2.43 bits per heavy atom. The molecule has 0 spiro atoms. The summed E-state index contributed by atoms with van der Waals surface area (Å²) in [6.07, 6.45) is -0.418. The van der Waals surface area contributed by atoms with Crippen LogP contribution in [0.2, 0.25) is 0 Å². The van der Waals surface area contributed by atoms with Gasteiger partial charge in [0, 0.05) is 13.0 Å². The molecule has 2 amide bonds. The number of unbranched alkanes of at least 4 members (excludes halogenated alkanes) is 2. The molecule has 0 saturated heterocycles. The number of anilines is 1. The van der Waals surface area contributed by atoms with Crippen molar-refractivity contribution in [2.75, 3.05) is 17.6 Å².